The molecule has 17 heavy (non-hydrogen) atoms. The van der Waals surface area contributed by atoms with Crippen LogP contribution >= 0.6 is 11.3 Å². The van der Waals surface area contributed by atoms with Gasteiger partial charge in [-0.25, -0.2) is 4.98 Å². The van der Waals surface area contributed by atoms with E-state index in [-0.39, 0.29) is 12.5 Å². The van der Waals surface area contributed by atoms with E-state index in [2.05, 4.69) is 17.2 Å². The second-order valence-corrected chi connectivity index (χ2v) is 4.90. The molecule has 0 aromatic carbocycles. The van der Waals surface area contributed by atoms with Crippen LogP contribution in [0.4, 0.5) is 13.2 Å². The Balaban J connectivity index is 2.47. The molecule has 1 aromatic heterocycles. The van der Waals surface area contributed by atoms with Gasteiger partial charge in [0.2, 0.25) is 0 Å². The number of nitrogens with zero attached hydrogens (tertiary/aromatic N) is 1. The van der Waals surface area contributed by atoms with E-state index in [0.717, 1.165) is 18.7 Å². The SMILES string of the molecule is CCCNC(C)c1csc(CCC(F)(F)F)n1. The third kappa shape index (κ3) is 5.50. The second-order valence-electron chi connectivity index (χ2n) is 3.96. The fourth-order valence-corrected chi connectivity index (χ4v) is 2.24. The predicted octanol–water partition coefficient (Wildman–Crippen LogP) is 3.70. The lowest BCUT2D eigenvalue weighted by Gasteiger charge is -2.09. The van der Waals surface area contributed by atoms with Gasteiger partial charge in [0.25, 0.3) is 0 Å². The maximum atomic E-state index is 12.0. The molecular formula is C11H17F3N2S. The van der Waals surface area contributed by atoms with Crippen molar-refractivity contribution in [1.29, 1.82) is 0 Å². The normalized spacial score (nSPS) is 13.9. The highest BCUT2D eigenvalue weighted by atomic mass is 32.1. The van der Waals surface area contributed by atoms with Gasteiger partial charge >= 0.3 is 6.18 Å². The van der Waals surface area contributed by atoms with Gasteiger partial charge in [0.15, 0.2) is 0 Å². The summed E-state index contributed by atoms with van der Waals surface area (Å²) in [6, 6.07) is 0.103. The Morgan fingerprint density at radius 2 is 2.18 bits per heavy atom. The molecule has 1 heterocycles. The van der Waals surface area contributed by atoms with E-state index >= 15 is 0 Å². The number of halogens is 3. The van der Waals surface area contributed by atoms with Crippen molar-refractivity contribution in [1.82, 2.24) is 10.3 Å². The van der Waals surface area contributed by atoms with E-state index < -0.39 is 12.6 Å². The van der Waals surface area contributed by atoms with Gasteiger partial charge < -0.3 is 5.32 Å². The van der Waals surface area contributed by atoms with Crippen LogP contribution in [-0.2, 0) is 6.42 Å². The molecule has 1 unspecified atom stereocenters. The Morgan fingerprint density at radius 3 is 2.76 bits per heavy atom. The molecule has 0 amide bonds. The van der Waals surface area contributed by atoms with Gasteiger partial charge in [-0.3, -0.25) is 0 Å². The molecule has 0 fully saturated rings. The van der Waals surface area contributed by atoms with Crippen LogP contribution in [0, 0.1) is 0 Å². The van der Waals surface area contributed by atoms with Crippen molar-refractivity contribution in [2.24, 2.45) is 0 Å². The third-order valence-electron chi connectivity index (χ3n) is 2.34. The number of alkyl halides is 3. The minimum absolute atomic E-state index is 0.0192. The summed E-state index contributed by atoms with van der Waals surface area (Å²) in [7, 11) is 0. The lowest BCUT2D eigenvalue weighted by molar-refractivity contribution is -0.134. The van der Waals surface area contributed by atoms with Gasteiger partial charge in [0, 0.05) is 24.3 Å². The van der Waals surface area contributed by atoms with Gasteiger partial charge in [-0.05, 0) is 19.9 Å². The van der Waals surface area contributed by atoms with Gasteiger partial charge in [0.05, 0.1) is 10.7 Å². The van der Waals surface area contributed by atoms with Crippen molar-refractivity contribution in [3.63, 3.8) is 0 Å². The molecule has 0 saturated heterocycles. The van der Waals surface area contributed by atoms with Crippen LogP contribution in [0.3, 0.4) is 0 Å². The monoisotopic (exact) mass is 266 g/mol. The summed E-state index contributed by atoms with van der Waals surface area (Å²) in [5.41, 5.74) is 0.834. The molecule has 98 valence electrons. The zero-order valence-electron chi connectivity index (χ0n) is 9.97. The molecule has 0 spiro atoms. The van der Waals surface area contributed by atoms with E-state index in [4.69, 9.17) is 0 Å². The lowest BCUT2D eigenvalue weighted by Crippen LogP contribution is -2.19. The summed E-state index contributed by atoms with van der Waals surface area (Å²) in [6.45, 7) is 4.92. The largest absolute Gasteiger partial charge is 0.389 e. The fourth-order valence-electron chi connectivity index (χ4n) is 1.35. The Kier molecular flexibility index (Phi) is 5.39. The van der Waals surface area contributed by atoms with Gasteiger partial charge in [-0.15, -0.1) is 11.3 Å². The zero-order chi connectivity index (χ0) is 12.9. The predicted molar refractivity (Wildman–Crippen MR) is 63.2 cm³/mol. The first-order chi connectivity index (χ1) is 7.92. The van der Waals surface area contributed by atoms with Crippen molar-refractivity contribution in [3.05, 3.63) is 16.1 Å². The van der Waals surface area contributed by atoms with Gasteiger partial charge in [-0.1, -0.05) is 6.92 Å². The zero-order valence-corrected chi connectivity index (χ0v) is 10.8. The van der Waals surface area contributed by atoms with E-state index in [9.17, 15) is 13.2 Å². The highest BCUT2D eigenvalue weighted by Crippen LogP contribution is 2.24. The number of thiazole rings is 1. The lowest BCUT2D eigenvalue weighted by atomic mass is 10.2. The average Bonchev–Trinajstić information content (AvgIpc) is 2.70. The van der Waals surface area contributed by atoms with Gasteiger partial charge in [0.1, 0.15) is 0 Å². The smallest absolute Gasteiger partial charge is 0.309 e. The molecule has 1 N–H and O–H groups in total. The van der Waals surface area contributed by atoms with Crippen LogP contribution in [0.5, 0.6) is 0 Å². The number of hydrogen-bond donors (Lipinski definition) is 1. The topological polar surface area (TPSA) is 24.9 Å². The Bertz CT molecular complexity index is 336. The molecule has 1 atom stereocenters. The average molecular weight is 266 g/mol. The number of aromatic nitrogens is 1. The highest BCUT2D eigenvalue weighted by Gasteiger charge is 2.27. The standard InChI is InChI=1S/C11H17F3N2S/c1-3-6-15-8(2)9-7-17-10(16-9)4-5-11(12,13)14/h7-8,15H,3-6H2,1-2H3. The first-order valence-corrected chi connectivity index (χ1v) is 6.54. The van der Waals surface area contributed by atoms with Crippen molar-refractivity contribution < 1.29 is 13.2 Å². The van der Waals surface area contributed by atoms with Crippen LogP contribution in [0.2, 0.25) is 0 Å². The number of hydrogen-bond acceptors (Lipinski definition) is 3. The van der Waals surface area contributed by atoms with Crippen LogP contribution < -0.4 is 5.32 Å². The fraction of sp³-hybridized carbons (Fsp3) is 0.727. The summed E-state index contributed by atoms with van der Waals surface area (Å²) in [5.74, 6) is 0. The summed E-state index contributed by atoms with van der Waals surface area (Å²) < 4.78 is 36.1. The van der Waals surface area contributed by atoms with E-state index in [1.165, 1.54) is 11.3 Å². The molecule has 2 nitrogen and oxygen atoms in total. The third-order valence-corrected chi connectivity index (χ3v) is 3.26. The summed E-state index contributed by atoms with van der Waals surface area (Å²) in [5, 5.41) is 5.65. The van der Waals surface area contributed by atoms with Crippen molar-refractivity contribution in [3.8, 4) is 0 Å². The molecule has 0 aliphatic rings. The van der Waals surface area contributed by atoms with Crippen molar-refractivity contribution in [2.75, 3.05) is 6.54 Å². The molecule has 1 aromatic rings. The molecule has 1 rings (SSSR count). The summed E-state index contributed by atoms with van der Waals surface area (Å²) >= 11 is 1.30. The highest BCUT2D eigenvalue weighted by molar-refractivity contribution is 7.09. The molecule has 0 aliphatic heterocycles. The first kappa shape index (κ1) is 14.4. The number of nitrogens with one attached hydrogen (secondary N) is 1. The Morgan fingerprint density at radius 1 is 1.47 bits per heavy atom. The number of rotatable bonds is 6. The Hall–Kier alpha value is -0.620. The molecule has 0 saturated carbocycles. The molecular weight excluding hydrogens is 249 g/mol. The number of aryl methyl sites for hydroxylation is 1. The van der Waals surface area contributed by atoms with Crippen molar-refractivity contribution >= 4 is 11.3 Å². The van der Waals surface area contributed by atoms with Crippen molar-refractivity contribution in [2.45, 2.75) is 45.3 Å². The maximum Gasteiger partial charge on any atom is 0.389 e. The van der Waals surface area contributed by atoms with Crippen LogP contribution in [-0.4, -0.2) is 17.7 Å². The minimum atomic E-state index is -4.10. The second kappa shape index (κ2) is 6.35. The first-order valence-electron chi connectivity index (χ1n) is 5.67. The quantitative estimate of drug-likeness (QED) is 0.849. The Labute approximate surface area is 103 Å². The van der Waals surface area contributed by atoms with E-state index in [0.29, 0.717) is 5.01 Å². The van der Waals surface area contributed by atoms with E-state index in [1.54, 1.807) is 0 Å². The van der Waals surface area contributed by atoms with E-state index in [1.807, 2.05) is 12.3 Å². The molecule has 0 aliphatic carbocycles. The minimum Gasteiger partial charge on any atom is -0.309 e. The summed E-state index contributed by atoms with van der Waals surface area (Å²) in [6.07, 6.45) is -3.89. The van der Waals surface area contributed by atoms with Crippen LogP contribution in [0.25, 0.3) is 0 Å². The maximum absolute atomic E-state index is 12.0. The van der Waals surface area contributed by atoms with Crippen LogP contribution in [0.1, 0.15) is 43.4 Å². The van der Waals surface area contributed by atoms with Crippen LogP contribution in [0.15, 0.2) is 5.38 Å². The molecule has 0 bridgehead atoms. The van der Waals surface area contributed by atoms with Gasteiger partial charge in [-0.2, -0.15) is 13.2 Å². The molecule has 6 heteroatoms. The summed E-state index contributed by atoms with van der Waals surface area (Å²) in [4.78, 5) is 4.22. The molecule has 0 radical (unpaired) electrons.